The van der Waals surface area contributed by atoms with E-state index in [4.69, 9.17) is 38.5 Å². The molecular formula is H14Ge2O8P2. The molecule has 0 fully saturated rings. The number of hydrogen-bond acceptors (Lipinski definition) is 2. The molecule has 0 bridgehead atoms. The molecule has 0 spiro atoms. The van der Waals surface area contributed by atoms with Gasteiger partial charge < -0.3 is 29.4 Å². The third-order valence-corrected chi connectivity index (χ3v) is 0. The fourth-order valence-electron chi connectivity index (χ4n) is 0. The van der Waals surface area contributed by atoms with Crippen molar-refractivity contribution >= 4 is 50.8 Å². The first-order valence-corrected chi connectivity index (χ1v) is 4.70. The summed E-state index contributed by atoms with van der Waals surface area (Å²) in [5, 5.41) is 0. The second-order valence-corrected chi connectivity index (χ2v) is 3.08. The van der Waals surface area contributed by atoms with Gasteiger partial charge in [0.25, 0.3) is 0 Å². The van der Waals surface area contributed by atoms with E-state index in [1.165, 1.54) is 0 Å². The Balaban J connectivity index is -0.0000000457. The van der Waals surface area contributed by atoms with Crippen molar-refractivity contribution in [3.8, 4) is 0 Å². The molecule has 12 heavy (non-hydrogen) atoms. The molecule has 0 heterocycles. The van der Waals surface area contributed by atoms with Crippen LogP contribution in [-0.4, -0.2) is 64.6 Å². The molecule has 80 valence electrons. The standard InChI is InChI=1S/2GeH4.2H3O4P/c;;2*1-5(2,3)4/h2*1H4;2*(H3,1,2,3,4). The Hall–Kier alpha value is 1.31. The molecule has 0 unspecified atom stereocenters. The molecule has 0 saturated carbocycles. The van der Waals surface area contributed by atoms with E-state index in [9.17, 15) is 0 Å². The van der Waals surface area contributed by atoms with Gasteiger partial charge in [-0.3, -0.25) is 0 Å². The van der Waals surface area contributed by atoms with Crippen LogP contribution in [0.1, 0.15) is 0 Å². The Morgan fingerprint density at radius 3 is 0.583 bits per heavy atom. The van der Waals surface area contributed by atoms with Crippen molar-refractivity contribution in [1.29, 1.82) is 0 Å². The van der Waals surface area contributed by atoms with E-state index in [-0.39, 0.29) is 35.2 Å². The van der Waals surface area contributed by atoms with Gasteiger partial charge in [0.15, 0.2) is 0 Å². The van der Waals surface area contributed by atoms with Gasteiger partial charge >= 0.3 is 50.8 Å². The van der Waals surface area contributed by atoms with Gasteiger partial charge in [0.1, 0.15) is 0 Å². The zero-order valence-electron chi connectivity index (χ0n) is 4.39. The Morgan fingerprint density at radius 2 is 0.583 bits per heavy atom. The van der Waals surface area contributed by atoms with Crippen LogP contribution in [0.2, 0.25) is 0 Å². The maximum atomic E-state index is 8.88. The normalized spacial score (nSPS) is 9.83. The predicted molar refractivity (Wildman–Crippen MR) is 51.2 cm³/mol. The summed E-state index contributed by atoms with van der Waals surface area (Å²) in [6.45, 7) is 0. The van der Waals surface area contributed by atoms with E-state index in [1.807, 2.05) is 0 Å². The number of phosphoric acid groups is 2. The van der Waals surface area contributed by atoms with E-state index < -0.39 is 15.6 Å². The van der Waals surface area contributed by atoms with Gasteiger partial charge in [-0.1, -0.05) is 0 Å². The summed E-state index contributed by atoms with van der Waals surface area (Å²) in [5.74, 6) is 0. The molecule has 0 saturated heterocycles. The molecule has 0 aliphatic carbocycles. The maximum absolute atomic E-state index is 8.88. The van der Waals surface area contributed by atoms with Crippen LogP contribution in [0.3, 0.4) is 0 Å². The summed E-state index contributed by atoms with van der Waals surface area (Å²) < 4.78 is 17.8. The molecule has 0 aromatic rings. The van der Waals surface area contributed by atoms with Crippen LogP contribution in [0.25, 0.3) is 0 Å². The van der Waals surface area contributed by atoms with Crippen LogP contribution >= 0.6 is 15.6 Å². The molecule has 0 rings (SSSR count). The minimum absolute atomic E-state index is 0. The summed E-state index contributed by atoms with van der Waals surface area (Å²) >= 11 is 0. The van der Waals surface area contributed by atoms with Crippen molar-refractivity contribution < 1.29 is 38.5 Å². The molecular weight excluding hydrogens is 335 g/mol. The summed E-state index contributed by atoms with van der Waals surface area (Å²) in [4.78, 5) is 43.1. The minimum atomic E-state index is -4.64. The van der Waals surface area contributed by atoms with E-state index >= 15 is 0 Å². The first-order chi connectivity index (χ1) is 4.00. The molecule has 0 amide bonds. The monoisotopic (exact) mass is 352 g/mol. The quantitative estimate of drug-likeness (QED) is 0.188. The first kappa shape index (κ1) is 23.3. The topological polar surface area (TPSA) is 156 Å². The van der Waals surface area contributed by atoms with Crippen molar-refractivity contribution in [2.24, 2.45) is 0 Å². The molecule has 0 aromatic heterocycles. The zero-order valence-corrected chi connectivity index (χ0v) is 6.18. The van der Waals surface area contributed by atoms with Gasteiger partial charge in [-0.05, 0) is 0 Å². The first-order valence-electron chi connectivity index (χ1n) is 1.57. The SMILES string of the molecule is O=P(O)(O)O.O=P(O)(O)O.[GeH4].[GeH4]. The summed E-state index contributed by atoms with van der Waals surface area (Å²) in [6, 6.07) is 0. The molecule has 0 atom stereocenters. The Labute approximate surface area is 89.4 Å². The van der Waals surface area contributed by atoms with Crippen molar-refractivity contribution in [2.75, 3.05) is 0 Å². The van der Waals surface area contributed by atoms with Crippen LogP contribution in [-0.2, 0) is 9.13 Å². The summed E-state index contributed by atoms with van der Waals surface area (Å²) in [5.41, 5.74) is 0. The fourth-order valence-corrected chi connectivity index (χ4v) is 0. The van der Waals surface area contributed by atoms with E-state index in [1.54, 1.807) is 0 Å². The van der Waals surface area contributed by atoms with Crippen LogP contribution in [0.4, 0.5) is 0 Å². The molecule has 0 radical (unpaired) electrons. The predicted octanol–water partition coefficient (Wildman–Crippen LogP) is -4.76. The van der Waals surface area contributed by atoms with Gasteiger partial charge in [-0.25, -0.2) is 9.13 Å². The van der Waals surface area contributed by atoms with Crippen molar-refractivity contribution in [1.82, 2.24) is 0 Å². The third kappa shape index (κ3) is 704. The van der Waals surface area contributed by atoms with Gasteiger partial charge in [-0.2, -0.15) is 0 Å². The van der Waals surface area contributed by atoms with Crippen molar-refractivity contribution in [3.63, 3.8) is 0 Å². The molecule has 0 aliphatic heterocycles. The molecule has 8 nitrogen and oxygen atoms in total. The van der Waals surface area contributed by atoms with E-state index in [0.717, 1.165) is 0 Å². The van der Waals surface area contributed by atoms with Crippen LogP contribution in [0, 0.1) is 0 Å². The van der Waals surface area contributed by atoms with Crippen LogP contribution in [0.5, 0.6) is 0 Å². The Bertz CT molecular complexity index is 127. The average Bonchev–Trinajstić information content (AvgIpc) is 1.12. The van der Waals surface area contributed by atoms with Crippen molar-refractivity contribution in [2.45, 2.75) is 0 Å². The third-order valence-electron chi connectivity index (χ3n) is 0. The fraction of sp³-hybridized carbons (Fsp3) is 0. The van der Waals surface area contributed by atoms with Gasteiger partial charge in [-0.15, -0.1) is 0 Å². The zero-order chi connectivity index (χ0) is 9.00. The summed E-state index contributed by atoms with van der Waals surface area (Å²) in [6.07, 6.45) is 0. The second kappa shape index (κ2) is 8.88. The van der Waals surface area contributed by atoms with Crippen LogP contribution in [0.15, 0.2) is 0 Å². The van der Waals surface area contributed by atoms with Crippen molar-refractivity contribution in [3.05, 3.63) is 0 Å². The molecule has 0 aliphatic rings. The number of hydrogen-bond donors (Lipinski definition) is 6. The number of rotatable bonds is 0. The second-order valence-electron chi connectivity index (χ2n) is 1.03. The molecule has 0 aromatic carbocycles. The van der Waals surface area contributed by atoms with Gasteiger partial charge in [0.2, 0.25) is 0 Å². The summed E-state index contributed by atoms with van der Waals surface area (Å²) in [7, 11) is -9.28. The van der Waals surface area contributed by atoms with Gasteiger partial charge in [0.05, 0.1) is 0 Å². The average molecular weight is 349 g/mol. The Kier molecular flexibility index (Phi) is 17.2. The van der Waals surface area contributed by atoms with E-state index in [0.29, 0.717) is 0 Å². The molecule has 6 N–H and O–H groups in total. The van der Waals surface area contributed by atoms with Gasteiger partial charge in [0, 0.05) is 0 Å². The van der Waals surface area contributed by atoms with Crippen LogP contribution < -0.4 is 0 Å². The Morgan fingerprint density at radius 1 is 0.583 bits per heavy atom. The van der Waals surface area contributed by atoms with E-state index in [2.05, 4.69) is 0 Å². The molecule has 12 heteroatoms.